The van der Waals surface area contributed by atoms with Gasteiger partial charge in [0.05, 0.1) is 4.90 Å². The summed E-state index contributed by atoms with van der Waals surface area (Å²) >= 11 is 0. The van der Waals surface area contributed by atoms with Crippen LogP contribution >= 0.6 is 0 Å². The first-order valence-electron chi connectivity index (χ1n) is 8.42. The van der Waals surface area contributed by atoms with Crippen LogP contribution in [0.1, 0.15) is 47.8 Å². The minimum atomic E-state index is -3.81. The molecule has 0 radical (unpaired) electrons. The Balaban J connectivity index is 2.39. The van der Waals surface area contributed by atoms with Gasteiger partial charge in [-0.1, -0.05) is 12.1 Å². The maximum absolute atomic E-state index is 12.9. The highest BCUT2D eigenvalue weighted by Gasteiger charge is 2.21. The van der Waals surface area contributed by atoms with Gasteiger partial charge >= 0.3 is 0 Å². The number of carbonyl (C=O) groups excluding carboxylic acids is 1. The molecule has 6 heteroatoms. The molecular formula is C20H26N2O3S. The zero-order valence-electron chi connectivity index (χ0n) is 16.1. The second-order valence-electron chi connectivity index (χ2n) is 7.67. The fourth-order valence-electron chi connectivity index (χ4n) is 2.69. The van der Waals surface area contributed by atoms with Crippen molar-refractivity contribution in [1.82, 2.24) is 5.32 Å². The summed E-state index contributed by atoms with van der Waals surface area (Å²) in [6, 6.07) is 10.2. The molecule has 0 heterocycles. The normalized spacial score (nSPS) is 11.9. The Morgan fingerprint density at radius 1 is 0.923 bits per heavy atom. The van der Waals surface area contributed by atoms with E-state index in [4.69, 9.17) is 0 Å². The van der Waals surface area contributed by atoms with Gasteiger partial charge in [0.1, 0.15) is 0 Å². The quantitative estimate of drug-likeness (QED) is 0.851. The number of sulfonamides is 1. The third kappa shape index (κ3) is 5.08. The van der Waals surface area contributed by atoms with E-state index in [1.165, 1.54) is 6.07 Å². The molecule has 0 atom stereocenters. The number of amides is 1. The Bertz CT molecular complexity index is 922. The molecule has 5 nitrogen and oxygen atoms in total. The van der Waals surface area contributed by atoms with Crippen LogP contribution in [0.15, 0.2) is 41.3 Å². The Hall–Kier alpha value is -2.34. The molecule has 0 aliphatic carbocycles. The minimum absolute atomic E-state index is 0.0956. The van der Waals surface area contributed by atoms with Crippen molar-refractivity contribution >= 4 is 21.6 Å². The lowest BCUT2D eigenvalue weighted by molar-refractivity contribution is 0.0919. The van der Waals surface area contributed by atoms with Gasteiger partial charge in [-0.15, -0.1) is 0 Å². The lowest BCUT2D eigenvalue weighted by Gasteiger charge is -2.21. The van der Waals surface area contributed by atoms with E-state index in [9.17, 15) is 13.2 Å². The molecule has 0 unspecified atom stereocenters. The Morgan fingerprint density at radius 3 is 2.04 bits per heavy atom. The summed E-state index contributed by atoms with van der Waals surface area (Å²) in [7, 11) is -3.81. The number of nitrogens with one attached hydrogen (secondary N) is 2. The van der Waals surface area contributed by atoms with E-state index in [2.05, 4.69) is 10.0 Å². The molecule has 0 spiro atoms. The Labute approximate surface area is 155 Å². The van der Waals surface area contributed by atoms with Crippen molar-refractivity contribution in [2.24, 2.45) is 0 Å². The summed E-state index contributed by atoms with van der Waals surface area (Å²) < 4.78 is 28.3. The van der Waals surface area contributed by atoms with Crippen molar-refractivity contribution < 1.29 is 13.2 Å². The van der Waals surface area contributed by atoms with Crippen molar-refractivity contribution in [1.29, 1.82) is 0 Å². The van der Waals surface area contributed by atoms with Crippen LogP contribution < -0.4 is 10.0 Å². The van der Waals surface area contributed by atoms with Crippen molar-refractivity contribution in [2.75, 3.05) is 4.72 Å². The molecule has 0 aromatic heterocycles. The predicted octanol–water partition coefficient (Wildman–Crippen LogP) is 3.94. The number of carbonyl (C=O) groups is 1. The zero-order valence-corrected chi connectivity index (χ0v) is 16.9. The summed E-state index contributed by atoms with van der Waals surface area (Å²) in [6.45, 7) is 11.2. The third-order valence-electron chi connectivity index (χ3n) is 3.70. The summed E-state index contributed by atoms with van der Waals surface area (Å²) in [6.07, 6.45) is 0. The van der Waals surface area contributed by atoms with Gasteiger partial charge < -0.3 is 5.32 Å². The molecule has 2 aromatic rings. The zero-order chi connectivity index (χ0) is 19.7. The fourth-order valence-corrected chi connectivity index (χ4v) is 4.00. The van der Waals surface area contributed by atoms with E-state index >= 15 is 0 Å². The van der Waals surface area contributed by atoms with E-state index in [1.54, 1.807) is 31.2 Å². The lowest BCUT2D eigenvalue weighted by Crippen LogP contribution is -2.40. The van der Waals surface area contributed by atoms with Crippen molar-refractivity contribution in [2.45, 2.75) is 52.0 Å². The standard InChI is InChI=1S/C20H26N2O3S/c1-13-9-14(2)11-17(10-13)22-26(24,25)18-12-16(8-7-15(18)3)19(23)21-20(4,5)6/h7-12,22H,1-6H3,(H,21,23). The molecule has 0 fully saturated rings. The molecule has 1 amide bonds. The number of benzene rings is 2. The highest BCUT2D eigenvalue weighted by Crippen LogP contribution is 2.22. The second-order valence-corrected chi connectivity index (χ2v) is 9.32. The average molecular weight is 375 g/mol. The van der Waals surface area contributed by atoms with Crippen molar-refractivity contribution in [3.8, 4) is 0 Å². The first-order valence-corrected chi connectivity index (χ1v) is 9.90. The van der Waals surface area contributed by atoms with E-state index < -0.39 is 15.6 Å². The van der Waals surface area contributed by atoms with Crippen LogP contribution in [0.4, 0.5) is 5.69 Å². The van der Waals surface area contributed by atoms with Crippen LogP contribution in [0.2, 0.25) is 0 Å². The fraction of sp³-hybridized carbons (Fsp3) is 0.350. The van der Waals surface area contributed by atoms with Crippen LogP contribution in [0.3, 0.4) is 0 Å². The molecule has 0 saturated heterocycles. The number of aryl methyl sites for hydroxylation is 3. The molecule has 2 N–H and O–H groups in total. The number of hydrogen-bond donors (Lipinski definition) is 2. The minimum Gasteiger partial charge on any atom is -0.347 e. The van der Waals surface area contributed by atoms with Gasteiger partial charge in [-0.3, -0.25) is 9.52 Å². The van der Waals surface area contributed by atoms with Crippen molar-refractivity contribution in [3.63, 3.8) is 0 Å². The first-order chi connectivity index (χ1) is 11.9. The molecular weight excluding hydrogens is 348 g/mol. The number of anilines is 1. The smallest absolute Gasteiger partial charge is 0.262 e. The van der Waals surface area contributed by atoms with Gasteiger partial charge in [-0.2, -0.15) is 0 Å². The van der Waals surface area contributed by atoms with Gasteiger partial charge in [-0.05, 0) is 82.5 Å². The maximum Gasteiger partial charge on any atom is 0.262 e. The van der Waals surface area contributed by atoms with Gasteiger partial charge in [-0.25, -0.2) is 8.42 Å². The molecule has 0 aliphatic rings. The van der Waals surface area contributed by atoms with Gasteiger partial charge in [0, 0.05) is 16.8 Å². The Kier molecular flexibility index (Phi) is 5.47. The maximum atomic E-state index is 12.9. The average Bonchev–Trinajstić information content (AvgIpc) is 2.43. The first kappa shape index (κ1) is 20.0. The monoisotopic (exact) mass is 374 g/mol. The van der Waals surface area contributed by atoms with E-state index in [0.717, 1.165) is 11.1 Å². The second kappa shape index (κ2) is 7.11. The molecule has 0 bridgehead atoms. The summed E-state index contributed by atoms with van der Waals surface area (Å²) in [5.74, 6) is -0.305. The molecule has 2 rings (SSSR count). The topological polar surface area (TPSA) is 75.3 Å². The summed E-state index contributed by atoms with van der Waals surface area (Å²) in [5, 5.41) is 2.84. The summed E-state index contributed by atoms with van der Waals surface area (Å²) in [5.41, 5.74) is 2.93. The van der Waals surface area contributed by atoms with Gasteiger partial charge in [0.25, 0.3) is 15.9 Å². The van der Waals surface area contributed by atoms with Gasteiger partial charge in [0.2, 0.25) is 0 Å². The van der Waals surface area contributed by atoms with Crippen LogP contribution in [0, 0.1) is 20.8 Å². The van der Waals surface area contributed by atoms with Crippen LogP contribution in [0.5, 0.6) is 0 Å². The number of hydrogen-bond acceptors (Lipinski definition) is 3. The van der Waals surface area contributed by atoms with E-state index in [-0.39, 0.29) is 10.8 Å². The molecule has 140 valence electrons. The molecule has 0 aliphatic heterocycles. The molecule has 26 heavy (non-hydrogen) atoms. The van der Waals surface area contributed by atoms with Crippen LogP contribution in [-0.4, -0.2) is 19.9 Å². The molecule has 2 aromatic carbocycles. The highest BCUT2D eigenvalue weighted by molar-refractivity contribution is 7.92. The Morgan fingerprint density at radius 2 is 1.50 bits per heavy atom. The lowest BCUT2D eigenvalue weighted by atomic mass is 10.1. The van der Waals surface area contributed by atoms with Gasteiger partial charge in [0.15, 0.2) is 0 Å². The highest BCUT2D eigenvalue weighted by atomic mass is 32.2. The SMILES string of the molecule is Cc1cc(C)cc(NS(=O)(=O)c2cc(C(=O)NC(C)(C)C)ccc2C)c1. The van der Waals surface area contributed by atoms with E-state index in [1.807, 2.05) is 40.7 Å². The number of rotatable bonds is 4. The predicted molar refractivity (Wildman–Crippen MR) is 105 cm³/mol. The summed E-state index contributed by atoms with van der Waals surface area (Å²) in [4.78, 5) is 12.5. The third-order valence-corrected chi connectivity index (χ3v) is 5.23. The van der Waals surface area contributed by atoms with Crippen LogP contribution in [0.25, 0.3) is 0 Å². The van der Waals surface area contributed by atoms with Crippen molar-refractivity contribution in [3.05, 3.63) is 58.7 Å². The molecule has 0 saturated carbocycles. The van der Waals surface area contributed by atoms with E-state index in [0.29, 0.717) is 16.8 Å². The van der Waals surface area contributed by atoms with Crippen LogP contribution in [-0.2, 0) is 10.0 Å². The largest absolute Gasteiger partial charge is 0.347 e.